The van der Waals surface area contributed by atoms with Gasteiger partial charge in [-0.25, -0.2) is 14.4 Å². The van der Waals surface area contributed by atoms with E-state index in [1.165, 1.54) is 0 Å². The zero-order valence-electron chi connectivity index (χ0n) is 19.3. The summed E-state index contributed by atoms with van der Waals surface area (Å²) in [5.41, 5.74) is 1.59. The maximum atomic E-state index is 12.7. The number of aromatic hydroxyl groups is 2. The van der Waals surface area contributed by atoms with Gasteiger partial charge >= 0.3 is 18.2 Å². The maximum Gasteiger partial charge on any atom is 0.408 e. The highest BCUT2D eigenvalue weighted by Crippen LogP contribution is 2.19. The average molecular weight is 498 g/mol. The number of carbonyl (C=O) groups is 3. The van der Waals surface area contributed by atoms with Crippen LogP contribution in [0.25, 0.3) is 0 Å². The topological polar surface area (TPSA) is 148 Å². The molecule has 0 aliphatic heterocycles. The molecule has 0 bridgehead atoms. The smallest absolute Gasteiger partial charge is 0.408 e. The van der Waals surface area contributed by atoms with Crippen LogP contribution in [-0.4, -0.2) is 45.7 Å². The lowest BCUT2D eigenvalue weighted by Crippen LogP contribution is -2.45. The van der Waals surface area contributed by atoms with Crippen molar-refractivity contribution in [3.63, 3.8) is 0 Å². The molecule has 0 spiro atoms. The highest BCUT2D eigenvalue weighted by Gasteiger charge is 2.25. The van der Waals surface area contributed by atoms with E-state index in [1.54, 1.807) is 24.3 Å². The van der Waals surface area contributed by atoms with Crippen LogP contribution in [0.1, 0.15) is 24.0 Å². The molecule has 11 nitrogen and oxygen atoms in total. The summed E-state index contributed by atoms with van der Waals surface area (Å²) >= 11 is 0. The molecular weight excluding hydrogens is 470 g/mol. The summed E-state index contributed by atoms with van der Waals surface area (Å²) in [6, 6.07) is 19.2. The van der Waals surface area contributed by atoms with Crippen molar-refractivity contribution in [2.75, 3.05) is 6.54 Å². The highest BCUT2D eigenvalue weighted by atomic mass is 16.7. The minimum atomic E-state index is -1.20. The fraction of sp³-hybridized carbons (Fsp3) is 0.240. The van der Waals surface area contributed by atoms with Gasteiger partial charge in [-0.05, 0) is 24.0 Å². The first-order chi connectivity index (χ1) is 17.4. The van der Waals surface area contributed by atoms with Crippen LogP contribution in [-0.2, 0) is 27.5 Å². The standard InChI is InChI=1S/C25H27N3O8/c29-21-13-14-22(30)28(21)36-23(31)20(27-25(33)35-17-19-10-5-2-6-11-19)12-7-15-26-24(32)34-16-18-8-3-1-4-9-18/h1-6,8-11,13-14,20,29-30H,7,12,15-17H2,(H,26,32)(H,27,33)/t20-/m0/s1. The molecule has 11 heteroatoms. The van der Waals surface area contributed by atoms with Crippen LogP contribution < -0.4 is 15.5 Å². The third-order valence-corrected chi connectivity index (χ3v) is 4.92. The number of alkyl carbamates (subject to hydrolysis) is 2. The van der Waals surface area contributed by atoms with Gasteiger partial charge in [0, 0.05) is 18.7 Å². The first-order valence-electron chi connectivity index (χ1n) is 11.2. The predicted octanol–water partition coefficient (Wildman–Crippen LogP) is 2.86. The van der Waals surface area contributed by atoms with E-state index in [0.717, 1.165) is 23.3 Å². The lowest BCUT2D eigenvalue weighted by atomic mass is 10.1. The number of nitrogens with zero attached hydrogens (tertiary/aromatic N) is 1. The van der Waals surface area contributed by atoms with Crippen LogP contribution >= 0.6 is 0 Å². The molecule has 3 rings (SSSR count). The van der Waals surface area contributed by atoms with Crippen molar-refractivity contribution in [2.24, 2.45) is 0 Å². The second-order valence-corrected chi connectivity index (χ2v) is 7.64. The van der Waals surface area contributed by atoms with Crippen molar-refractivity contribution < 1.29 is 38.9 Å². The third-order valence-electron chi connectivity index (χ3n) is 4.92. The van der Waals surface area contributed by atoms with Crippen molar-refractivity contribution in [1.29, 1.82) is 0 Å². The summed E-state index contributed by atoms with van der Waals surface area (Å²) in [6.07, 6.45) is -1.17. The molecular formula is C25H27N3O8. The van der Waals surface area contributed by atoms with E-state index in [2.05, 4.69) is 10.6 Å². The van der Waals surface area contributed by atoms with Crippen molar-refractivity contribution in [3.05, 3.63) is 83.9 Å². The Morgan fingerprint density at radius 3 is 1.86 bits per heavy atom. The van der Waals surface area contributed by atoms with E-state index >= 15 is 0 Å². The summed E-state index contributed by atoms with van der Waals surface area (Å²) < 4.78 is 10.8. The minimum absolute atomic E-state index is 0.0115. The largest absolute Gasteiger partial charge is 0.492 e. The fourth-order valence-corrected chi connectivity index (χ4v) is 3.08. The number of carbonyl (C=O) groups excluding carboxylic acids is 3. The second-order valence-electron chi connectivity index (χ2n) is 7.64. The first-order valence-corrected chi connectivity index (χ1v) is 11.2. The van der Waals surface area contributed by atoms with Crippen molar-refractivity contribution in [3.8, 4) is 11.8 Å². The van der Waals surface area contributed by atoms with Gasteiger partial charge in [-0.1, -0.05) is 60.7 Å². The summed E-state index contributed by atoms with van der Waals surface area (Å²) in [5.74, 6) is -1.97. The van der Waals surface area contributed by atoms with Gasteiger partial charge in [-0.15, -0.1) is 4.73 Å². The van der Waals surface area contributed by atoms with Crippen molar-refractivity contribution in [1.82, 2.24) is 15.4 Å². The summed E-state index contributed by atoms with van der Waals surface area (Å²) in [6.45, 7) is 0.251. The molecule has 1 heterocycles. The molecule has 2 amide bonds. The molecule has 0 fully saturated rings. The summed E-state index contributed by atoms with van der Waals surface area (Å²) in [5, 5.41) is 24.4. The molecule has 0 saturated heterocycles. The normalized spacial score (nSPS) is 11.2. The SMILES string of the molecule is O=C(NCCC[C@H](NC(=O)OCc1ccccc1)C(=O)On1c(O)ccc1O)OCc1ccccc1. The van der Waals surface area contributed by atoms with Gasteiger partial charge in [-0.3, -0.25) is 0 Å². The van der Waals surface area contributed by atoms with E-state index in [0.29, 0.717) is 4.73 Å². The number of rotatable bonds is 11. The number of aromatic nitrogens is 1. The zero-order valence-corrected chi connectivity index (χ0v) is 19.3. The predicted molar refractivity (Wildman–Crippen MR) is 127 cm³/mol. The molecule has 4 N–H and O–H groups in total. The van der Waals surface area contributed by atoms with E-state index < -0.39 is 36.0 Å². The molecule has 0 unspecified atom stereocenters. The molecule has 0 saturated carbocycles. The average Bonchev–Trinajstić information content (AvgIpc) is 3.21. The molecule has 0 aliphatic rings. The summed E-state index contributed by atoms with van der Waals surface area (Å²) in [4.78, 5) is 41.9. The fourth-order valence-electron chi connectivity index (χ4n) is 3.08. The van der Waals surface area contributed by atoms with Gasteiger partial charge in [0.1, 0.15) is 19.3 Å². The van der Waals surface area contributed by atoms with Gasteiger partial charge < -0.3 is 35.2 Å². The Balaban J connectivity index is 1.50. The minimum Gasteiger partial charge on any atom is -0.492 e. The number of ether oxygens (including phenoxy) is 2. The van der Waals surface area contributed by atoms with Crippen LogP contribution in [0.2, 0.25) is 0 Å². The lowest BCUT2D eigenvalue weighted by molar-refractivity contribution is -0.148. The molecule has 190 valence electrons. The van der Waals surface area contributed by atoms with Crippen molar-refractivity contribution >= 4 is 18.2 Å². The Bertz CT molecular complexity index is 1120. The van der Waals surface area contributed by atoms with Crippen LogP contribution in [0.5, 0.6) is 11.8 Å². The number of amides is 2. The highest BCUT2D eigenvalue weighted by molar-refractivity contribution is 5.81. The van der Waals surface area contributed by atoms with E-state index in [1.807, 2.05) is 36.4 Å². The van der Waals surface area contributed by atoms with E-state index in [-0.39, 0.29) is 32.6 Å². The van der Waals surface area contributed by atoms with Gasteiger partial charge in [0.15, 0.2) is 0 Å². The Morgan fingerprint density at radius 2 is 1.31 bits per heavy atom. The van der Waals surface area contributed by atoms with Gasteiger partial charge in [0.2, 0.25) is 11.8 Å². The van der Waals surface area contributed by atoms with E-state index in [4.69, 9.17) is 14.3 Å². The number of hydrogen-bond acceptors (Lipinski definition) is 8. The molecule has 1 aromatic heterocycles. The second kappa shape index (κ2) is 13.3. The van der Waals surface area contributed by atoms with Crippen LogP contribution in [0.4, 0.5) is 9.59 Å². The Hall–Kier alpha value is -4.67. The Morgan fingerprint density at radius 1 is 0.778 bits per heavy atom. The molecule has 0 radical (unpaired) electrons. The number of benzene rings is 2. The molecule has 3 aromatic rings. The van der Waals surface area contributed by atoms with Crippen LogP contribution in [0.3, 0.4) is 0 Å². The summed E-state index contributed by atoms with van der Waals surface area (Å²) in [7, 11) is 0. The molecule has 1 atom stereocenters. The number of nitrogens with one attached hydrogen (secondary N) is 2. The maximum absolute atomic E-state index is 12.7. The van der Waals surface area contributed by atoms with Crippen LogP contribution in [0, 0.1) is 0 Å². The Kier molecular flexibility index (Phi) is 9.57. The first kappa shape index (κ1) is 25.9. The third kappa shape index (κ3) is 8.28. The molecule has 2 aromatic carbocycles. The van der Waals surface area contributed by atoms with Gasteiger partial charge in [0.05, 0.1) is 0 Å². The zero-order chi connectivity index (χ0) is 25.8. The lowest BCUT2D eigenvalue weighted by Gasteiger charge is -2.18. The van der Waals surface area contributed by atoms with Crippen molar-refractivity contribution in [2.45, 2.75) is 32.1 Å². The quantitative estimate of drug-likeness (QED) is 0.296. The van der Waals surface area contributed by atoms with Gasteiger partial charge in [0.25, 0.3) is 0 Å². The molecule has 36 heavy (non-hydrogen) atoms. The molecule has 0 aliphatic carbocycles. The number of hydrogen-bond donors (Lipinski definition) is 4. The van der Waals surface area contributed by atoms with E-state index in [9.17, 15) is 24.6 Å². The van der Waals surface area contributed by atoms with Crippen LogP contribution in [0.15, 0.2) is 72.8 Å². The monoisotopic (exact) mass is 497 g/mol. The van der Waals surface area contributed by atoms with Gasteiger partial charge in [-0.2, -0.15) is 0 Å². The Labute approximate surface area is 207 Å².